The third-order valence-corrected chi connectivity index (χ3v) is 3.65. The first-order chi connectivity index (χ1) is 8.16. The van der Waals surface area contributed by atoms with Gasteiger partial charge in [0.2, 0.25) is 0 Å². The first-order valence-corrected chi connectivity index (χ1v) is 6.11. The number of piperidine rings is 1. The molecule has 3 rings (SSSR count). The summed E-state index contributed by atoms with van der Waals surface area (Å²) >= 11 is 0. The molecule has 0 bridgehead atoms. The van der Waals surface area contributed by atoms with Gasteiger partial charge < -0.3 is 4.90 Å². The molecule has 1 aliphatic carbocycles. The van der Waals surface area contributed by atoms with Crippen LogP contribution < -0.4 is 4.90 Å². The normalized spacial score (nSPS) is 22.6. The molecule has 3 nitrogen and oxygen atoms in total. The summed E-state index contributed by atoms with van der Waals surface area (Å²) in [6.45, 7) is 0.799. The molecule has 0 saturated carbocycles. The van der Waals surface area contributed by atoms with Crippen LogP contribution in [0.2, 0.25) is 0 Å². The van der Waals surface area contributed by atoms with E-state index in [4.69, 9.17) is 0 Å². The Labute approximate surface area is 98.9 Å². The predicted molar refractivity (Wildman–Crippen MR) is 60.5 cm³/mol. The van der Waals surface area contributed by atoms with E-state index in [1.807, 2.05) is 4.90 Å². The topological polar surface area (TPSA) is 29.0 Å². The smallest absolute Gasteiger partial charge is 0.251 e. The highest BCUT2D eigenvalue weighted by atomic mass is 19.3. The standard InChI is InChI=1S/C12H15F2N3/c13-12(14)4-6-17(7-5-12)11-9-2-1-3-10(9)15-8-16-11/h8H,1-7H2. The van der Waals surface area contributed by atoms with Crippen LogP contribution in [0.5, 0.6) is 0 Å². The Balaban J connectivity index is 1.84. The van der Waals surface area contributed by atoms with Gasteiger partial charge in [0, 0.05) is 37.2 Å². The molecule has 0 spiro atoms. The van der Waals surface area contributed by atoms with E-state index in [9.17, 15) is 8.78 Å². The lowest BCUT2D eigenvalue weighted by Crippen LogP contribution is -2.40. The van der Waals surface area contributed by atoms with Crippen LogP contribution in [0.4, 0.5) is 14.6 Å². The molecule has 0 unspecified atom stereocenters. The summed E-state index contributed by atoms with van der Waals surface area (Å²) < 4.78 is 26.2. The van der Waals surface area contributed by atoms with Crippen LogP contribution in [-0.4, -0.2) is 29.0 Å². The Morgan fingerprint density at radius 1 is 1.12 bits per heavy atom. The van der Waals surface area contributed by atoms with E-state index in [0.29, 0.717) is 13.1 Å². The van der Waals surface area contributed by atoms with Gasteiger partial charge in [-0.15, -0.1) is 0 Å². The SMILES string of the molecule is FC1(F)CCN(c2ncnc3c2CCC3)CC1. The van der Waals surface area contributed by atoms with E-state index in [1.54, 1.807) is 6.33 Å². The van der Waals surface area contributed by atoms with E-state index >= 15 is 0 Å². The lowest BCUT2D eigenvalue weighted by atomic mass is 10.1. The predicted octanol–water partition coefficient (Wildman–Crippen LogP) is 2.20. The number of nitrogens with zero attached hydrogens (tertiary/aromatic N) is 3. The zero-order chi connectivity index (χ0) is 11.9. The number of rotatable bonds is 1. The Hall–Kier alpha value is -1.26. The molecule has 0 aromatic carbocycles. The fraction of sp³-hybridized carbons (Fsp3) is 0.667. The molecule has 92 valence electrons. The van der Waals surface area contributed by atoms with Crippen molar-refractivity contribution in [3.63, 3.8) is 0 Å². The highest BCUT2D eigenvalue weighted by molar-refractivity contribution is 5.50. The molecule has 0 radical (unpaired) electrons. The number of aromatic nitrogens is 2. The summed E-state index contributed by atoms with van der Waals surface area (Å²) in [5, 5.41) is 0. The minimum absolute atomic E-state index is 0.0637. The third kappa shape index (κ3) is 1.98. The summed E-state index contributed by atoms with van der Waals surface area (Å²) in [6.07, 6.45) is 4.52. The second-order valence-electron chi connectivity index (χ2n) is 4.82. The summed E-state index contributed by atoms with van der Waals surface area (Å²) in [7, 11) is 0. The molecule has 1 fully saturated rings. The minimum Gasteiger partial charge on any atom is -0.356 e. The summed E-state index contributed by atoms with van der Waals surface area (Å²) in [6, 6.07) is 0. The fourth-order valence-corrected chi connectivity index (χ4v) is 2.66. The maximum absolute atomic E-state index is 13.1. The molecule has 1 saturated heterocycles. The van der Waals surface area contributed by atoms with Gasteiger partial charge in [-0.25, -0.2) is 18.7 Å². The lowest BCUT2D eigenvalue weighted by molar-refractivity contribution is -0.0221. The summed E-state index contributed by atoms with van der Waals surface area (Å²) in [5.41, 5.74) is 2.28. The second kappa shape index (κ2) is 3.89. The van der Waals surface area contributed by atoms with Gasteiger partial charge in [0.15, 0.2) is 0 Å². The first-order valence-electron chi connectivity index (χ1n) is 6.11. The van der Waals surface area contributed by atoms with Gasteiger partial charge in [-0.1, -0.05) is 0 Å². The van der Waals surface area contributed by atoms with Gasteiger partial charge in [0.25, 0.3) is 5.92 Å². The van der Waals surface area contributed by atoms with E-state index in [1.165, 1.54) is 5.56 Å². The van der Waals surface area contributed by atoms with Gasteiger partial charge in [-0.3, -0.25) is 0 Å². The molecule has 2 aliphatic rings. The van der Waals surface area contributed by atoms with Gasteiger partial charge >= 0.3 is 0 Å². The van der Waals surface area contributed by atoms with Crippen molar-refractivity contribution in [2.75, 3.05) is 18.0 Å². The quantitative estimate of drug-likeness (QED) is 0.752. The lowest BCUT2D eigenvalue weighted by Gasteiger charge is -2.33. The van der Waals surface area contributed by atoms with Crippen LogP contribution in [0.3, 0.4) is 0 Å². The second-order valence-corrected chi connectivity index (χ2v) is 4.82. The zero-order valence-electron chi connectivity index (χ0n) is 9.62. The number of fused-ring (bicyclic) bond motifs is 1. The maximum atomic E-state index is 13.1. The molecule has 17 heavy (non-hydrogen) atoms. The number of hydrogen-bond acceptors (Lipinski definition) is 3. The van der Waals surface area contributed by atoms with Crippen molar-refractivity contribution in [2.24, 2.45) is 0 Å². The van der Waals surface area contributed by atoms with Crippen molar-refractivity contribution >= 4 is 5.82 Å². The van der Waals surface area contributed by atoms with Crippen LogP contribution in [0.1, 0.15) is 30.5 Å². The van der Waals surface area contributed by atoms with Crippen LogP contribution in [0, 0.1) is 0 Å². The summed E-state index contributed by atoms with van der Waals surface area (Å²) in [5.74, 6) is -1.60. The molecular weight excluding hydrogens is 224 g/mol. The van der Waals surface area contributed by atoms with Gasteiger partial charge in [0.05, 0.1) is 0 Å². The van der Waals surface area contributed by atoms with E-state index < -0.39 is 5.92 Å². The van der Waals surface area contributed by atoms with Crippen LogP contribution >= 0.6 is 0 Å². The Morgan fingerprint density at radius 3 is 2.65 bits per heavy atom. The summed E-state index contributed by atoms with van der Waals surface area (Å²) in [4.78, 5) is 10.5. The van der Waals surface area contributed by atoms with Crippen LogP contribution in [0.15, 0.2) is 6.33 Å². The Morgan fingerprint density at radius 2 is 1.88 bits per heavy atom. The van der Waals surface area contributed by atoms with E-state index in [-0.39, 0.29) is 12.8 Å². The number of hydrogen-bond donors (Lipinski definition) is 0. The van der Waals surface area contributed by atoms with Crippen LogP contribution in [0.25, 0.3) is 0 Å². The van der Waals surface area contributed by atoms with Crippen molar-refractivity contribution in [1.82, 2.24) is 9.97 Å². The minimum atomic E-state index is -2.49. The van der Waals surface area contributed by atoms with Gasteiger partial charge in [0.1, 0.15) is 12.1 Å². The third-order valence-electron chi connectivity index (χ3n) is 3.65. The zero-order valence-corrected chi connectivity index (χ0v) is 9.62. The molecule has 5 heteroatoms. The number of alkyl halides is 2. The average Bonchev–Trinajstić information content (AvgIpc) is 2.77. The highest BCUT2D eigenvalue weighted by Gasteiger charge is 2.35. The van der Waals surface area contributed by atoms with Crippen LogP contribution in [-0.2, 0) is 12.8 Å². The van der Waals surface area contributed by atoms with Crippen molar-refractivity contribution in [1.29, 1.82) is 0 Å². The average molecular weight is 239 g/mol. The number of aryl methyl sites for hydroxylation is 1. The van der Waals surface area contributed by atoms with Crippen molar-refractivity contribution in [3.8, 4) is 0 Å². The number of halogens is 2. The van der Waals surface area contributed by atoms with Crippen molar-refractivity contribution < 1.29 is 8.78 Å². The maximum Gasteiger partial charge on any atom is 0.251 e. The van der Waals surface area contributed by atoms with Crippen molar-refractivity contribution in [3.05, 3.63) is 17.6 Å². The molecule has 0 atom stereocenters. The highest BCUT2D eigenvalue weighted by Crippen LogP contribution is 2.33. The molecule has 1 aromatic rings. The van der Waals surface area contributed by atoms with E-state index in [0.717, 1.165) is 30.8 Å². The van der Waals surface area contributed by atoms with Crippen molar-refractivity contribution in [2.45, 2.75) is 38.0 Å². The molecule has 0 N–H and O–H groups in total. The van der Waals surface area contributed by atoms with E-state index in [2.05, 4.69) is 9.97 Å². The molecule has 1 aromatic heterocycles. The number of anilines is 1. The molecule has 1 aliphatic heterocycles. The van der Waals surface area contributed by atoms with Gasteiger partial charge in [-0.05, 0) is 19.3 Å². The molecule has 0 amide bonds. The largest absolute Gasteiger partial charge is 0.356 e. The Kier molecular flexibility index (Phi) is 2.49. The monoisotopic (exact) mass is 239 g/mol. The first kappa shape index (κ1) is 10.9. The molecular formula is C12H15F2N3. The Bertz CT molecular complexity index is 424. The molecule has 2 heterocycles. The fourth-order valence-electron chi connectivity index (χ4n) is 2.66. The van der Waals surface area contributed by atoms with Gasteiger partial charge in [-0.2, -0.15) is 0 Å².